The van der Waals surface area contributed by atoms with Gasteiger partial charge in [0.1, 0.15) is 6.04 Å². The molecule has 0 aromatic carbocycles. The van der Waals surface area contributed by atoms with Crippen LogP contribution in [0.4, 0.5) is 13.2 Å². The predicted octanol–water partition coefficient (Wildman–Crippen LogP) is 0.850. The van der Waals surface area contributed by atoms with E-state index in [2.05, 4.69) is 0 Å². The Hall–Kier alpha value is -1.31. The van der Waals surface area contributed by atoms with Crippen LogP contribution in [0.3, 0.4) is 0 Å². The first-order chi connectivity index (χ1) is 8.16. The minimum absolute atomic E-state index is 0.113. The van der Waals surface area contributed by atoms with Gasteiger partial charge in [-0.15, -0.1) is 0 Å². The standard InChI is InChI=1S/C10H17F3N2O3/c1-15(2)7(8(16)17)5-3-4-6-14-9(18)10(11,12)13/h7H,3-6H2,1-2H3,(H,14,18)(H,16,17)/t7-/m0/s1. The Balaban J connectivity index is 3.80. The molecule has 0 unspecified atom stereocenters. The number of hydrogen-bond donors (Lipinski definition) is 2. The Morgan fingerprint density at radius 2 is 1.83 bits per heavy atom. The minimum atomic E-state index is -4.87. The number of amides is 1. The maximum Gasteiger partial charge on any atom is 0.471 e. The maximum atomic E-state index is 11.8. The van der Waals surface area contributed by atoms with E-state index >= 15 is 0 Å². The van der Waals surface area contributed by atoms with Crippen LogP contribution in [0.15, 0.2) is 0 Å². The fraction of sp³-hybridized carbons (Fsp3) is 0.800. The summed E-state index contributed by atoms with van der Waals surface area (Å²) in [5.74, 6) is -2.94. The average molecular weight is 270 g/mol. The van der Waals surface area contributed by atoms with Gasteiger partial charge in [0, 0.05) is 6.54 Å². The summed E-state index contributed by atoms with van der Waals surface area (Å²) in [5.41, 5.74) is 0. The van der Waals surface area contributed by atoms with Gasteiger partial charge in [-0.3, -0.25) is 14.5 Å². The summed E-state index contributed by atoms with van der Waals surface area (Å²) in [6.45, 7) is -0.113. The Bertz CT molecular complexity index is 293. The van der Waals surface area contributed by atoms with Crippen LogP contribution in [-0.2, 0) is 9.59 Å². The first kappa shape index (κ1) is 16.7. The Labute approximate surface area is 103 Å². The largest absolute Gasteiger partial charge is 0.480 e. The second-order valence-electron chi connectivity index (χ2n) is 4.07. The summed E-state index contributed by atoms with van der Waals surface area (Å²) >= 11 is 0. The van der Waals surface area contributed by atoms with Gasteiger partial charge in [0.25, 0.3) is 0 Å². The van der Waals surface area contributed by atoms with Gasteiger partial charge in [-0.05, 0) is 33.4 Å². The molecular formula is C10H17F3N2O3. The first-order valence-corrected chi connectivity index (χ1v) is 5.40. The summed E-state index contributed by atoms with van der Waals surface area (Å²) in [4.78, 5) is 22.7. The highest BCUT2D eigenvalue weighted by atomic mass is 19.4. The number of halogens is 3. The van der Waals surface area contributed by atoms with E-state index in [0.29, 0.717) is 19.3 Å². The third-order valence-corrected chi connectivity index (χ3v) is 2.36. The van der Waals surface area contributed by atoms with E-state index in [0.717, 1.165) is 0 Å². The molecule has 0 aromatic rings. The lowest BCUT2D eigenvalue weighted by Gasteiger charge is -2.19. The molecule has 8 heteroatoms. The predicted molar refractivity (Wildman–Crippen MR) is 58.0 cm³/mol. The average Bonchev–Trinajstić information content (AvgIpc) is 2.20. The number of alkyl halides is 3. The molecular weight excluding hydrogens is 253 g/mol. The summed E-state index contributed by atoms with van der Waals surface area (Å²) in [5, 5.41) is 10.6. The van der Waals surface area contributed by atoms with Gasteiger partial charge < -0.3 is 10.4 Å². The molecule has 0 spiro atoms. The van der Waals surface area contributed by atoms with Crippen molar-refractivity contribution in [1.29, 1.82) is 0 Å². The molecule has 0 rings (SSSR count). The Morgan fingerprint density at radius 1 is 1.28 bits per heavy atom. The minimum Gasteiger partial charge on any atom is -0.480 e. The molecule has 0 fully saturated rings. The van der Waals surface area contributed by atoms with E-state index in [4.69, 9.17) is 5.11 Å². The number of carboxylic acid groups (broad SMARTS) is 1. The zero-order valence-corrected chi connectivity index (χ0v) is 10.3. The summed E-state index contributed by atoms with van der Waals surface area (Å²) in [7, 11) is 3.23. The van der Waals surface area contributed by atoms with Crippen molar-refractivity contribution in [2.45, 2.75) is 31.5 Å². The fourth-order valence-corrected chi connectivity index (χ4v) is 1.37. The second-order valence-corrected chi connectivity index (χ2v) is 4.07. The number of carbonyl (C=O) groups excluding carboxylic acids is 1. The van der Waals surface area contributed by atoms with Crippen molar-refractivity contribution in [3.8, 4) is 0 Å². The smallest absolute Gasteiger partial charge is 0.471 e. The van der Waals surface area contributed by atoms with Crippen LogP contribution in [0.25, 0.3) is 0 Å². The van der Waals surface area contributed by atoms with Gasteiger partial charge in [0.15, 0.2) is 0 Å². The monoisotopic (exact) mass is 270 g/mol. The van der Waals surface area contributed by atoms with E-state index < -0.39 is 24.1 Å². The van der Waals surface area contributed by atoms with Crippen molar-refractivity contribution in [2.24, 2.45) is 0 Å². The number of nitrogens with zero attached hydrogens (tertiary/aromatic N) is 1. The molecule has 18 heavy (non-hydrogen) atoms. The lowest BCUT2D eigenvalue weighted by molar-refractivity contribution is -0.173. The molecule has 106 valence electrons. The van der Waals surface area contributed by atoms with Crippen LogP contribution in [-0.4, -0.2) is 54.7 Å². The molecule has 0 aromatic heterocycles. The van der Waals surface area contributed by atoms with E-state index in [1.54, 1.807) is 19.4 Å². The molecule has 2 N–H and O–H groups in total. The van der Waals surface area contributed by atoms with Gasteiger partial charge in [-0.25, -0.2) is 0 Å². The van der Waals surface area contributed by atoms with Gasteiger partial charge >= 0.3 is 18.1 Å². The summed E-state index contributed by atoms with van der Waals surface area (Å²) in [6.07, 6.45) is -3.82. The number of carboxylic acids is 1. The molecule has 1 amide bonds. The van der Waals surface area contributed by atoms with E-state index in [1.165, 1.54) is 4.90 Å². The molecule has 0 heterocycles. The molecule has 0 aliphatic carbocycles. The zero-order chi connectivity index (χ0) is 14.3. The fourth-order valence-electron chi connectivity index (χ4n) is 1.37. The van der Waals surface area contributed by atoms with Crippen LogP contribution >= 0.6 is 0 Å². The van der Waals surface area contributed by atoms with E-state index in [1.807, 2.05) is 0 Å². The summed E-state index contributed by atoms with van der Waals surface area (Å²) < 4.78 is 35.4. The van der Waals surface area contributed by atoms with Crippen molar-refractivity contribution in [3.05, 3.63) is 0 Å². The van der Waals surface area contributed by atoms with Crippen LogP contribution in [0.1, 0.15) is 19.3 Å². The Kier molecular flexibility index (Phi) is 6.67. The van der Waals surface area contributed by atoms with Crippen LogP contribution in [0.5, 0.6) is 0 Å². The van der Waals surface area contributed by atoms with E-state index in [-0.39, 0.29) is 6.54 Å². The number of nitrogens with one attached hydrogen (secondary N) is 1. The van der Waals surface area contributed by atoms with Crippen molar-refractivity contribution in [3.63, 3.8) is 0 Å². The zero-order valence-electron chi connectivity index (χ0n) is 10.3. The number of unbranched alkanes of at least 4 members (excludes halogenated alkanes) is 1. The molecule has 0 saturated carbocycles. The maximum absolute atomic E-state index is 11.8. The van der Waals surface area contributed by atoms with Gasteiger partial charge in [-0.1, -0.05) is 0 Å². The normalized spacial score (nSPS) is 13.4. The van der Waals surface area contributed by atoms with Crippen molar-refractivity contribution in [2.75, 3.05) is 20.6 Å². The lowest BCUT2D eigenvalue weighted by atomic mass is 10.1. The second kappa shape index (κ2) is 7.20. The lowest BCUT2D eigenvalue weighted by Crippen LogP contribution is -2.38. The summed E-state index contributed by atoms with van der Waals surface area (Å²) in [6, 6.07) is -0.664. The third kappa shape index (κ3) is 6.43. The van der Waals surface area contributed by atoms with Crippen LogP contribution in [0.2, 0.25) is 0 Å². The van der Waals surface area contributed by atoms with Crippen molar-refractivity contribution in [1.82, 2.24) is 10.2 Å². The third-order valence-electron chi connectivity index (χ3n) is 2.36. The van der Waals surface area contributed by atoms with Gasteiger partial charge in [-0.2, -0.15) is 13.2 Å². The molecule has 0 aliphatic heterocycles. The van der Waals surface area contributed by atoms with Crippen LogP contribution in [0, 0.1) is 0 Å². The number of likely N-dealkylation sites (N-methyl/N-ethyl adjacent to an activating group) is 1. The van der Waals surface area contributed by atoms with E-state index in [9.17, 15) is 22.8 Å². The highest BCUT2D eigenvalue weighted by molar-refractivity contribution is 5.81. The quantitative estimate of drug-likeness (QED) is 0.673. The number of aliphatic carboxylic acids is 1. The van der Waals surface area contributed by atoms with Crippen LogP contribution < -0.4 is 5.32 Å². The topological polar surface area (TPSA) is 69.6 Å². The molecule has 5 nitrogen and oxygen atoms in total. The molecule has 0 aliphatic rings. The molecule has 0 bridgehead atoms. The first-order valence-electron chi connectivity index (χ1n) is 5.40. The molecule has 0 radical (unpaired) electrons. The van der Waals surface area contributed by atoms with Crippen molar-refractivity contribution < 1.29 is 27.9 Å². The highest BCUT2D eigenvalue weighted by Crippen LogP contribution is 2.14. The number of carbonyl (C=O) groups is 2. The Morgan fingerprint density at radius 3 is 2.22 bits per heavy atom. The van der Waals surface area contributed by atoms with Gasteiger partial charge in [0.05, 0.1) is 0 Å². The molecule has 1 atom stereocenters. The SMILES string of the molecule is CN(C)[C@@H](CCCCNC(=O)C(F)(F)F)C(=O)O. The molecule has 0 saturated heterocycles. The van der Waals surface area contributed by atoms with Crippen molar-refractivity contribution >= 4 is 11.9 Å². The van der Waals surface area contributed by atoms with Gasteiger partial charge in [0.2, 0.25) is 0 Å². The highest BCUT2D eigenvalue weighted by Gasteiger charge is 2.38. The number of rotatable bonds is 7. The number of hydrogen-bond acceptors (Lipinski definition) is 3.